The van der Waals surface area contributed by atoms with Crippen molar-refractivity contribution in [3.05, 3.63) is 44.3 Å². The lowest BCUT2D eigenvalue weighted by molar-refractivity contribution is 0.466. The first-order chi connectivity index (χ1) is 9.58. The Labute approximate surface area is 132 Å². The molecule has 0 atom stereocenters. The maximum Gasteiger partial charge on any atom is 0.166 e. The zero-order valence-corrected chi connectivity index (χ0v) is 13.8. The molecule has 3 aliphatic rings. The van der Waals surface area contributed by atoms with Gasteiger partial charge in [0.2, 0.25) is 0 Å². The van der Waals surface area contributed by atoms with Gasteiger partial charge in [-0.15, -0.1) is 0 Å². The van der Waals surface area contributed by atoms with Crippen LogP contribution in [0.5, 0.6) is 0 Å². The van der Waals surface area contributed by atoms with E-state index in [1.807, 2.05) is 12.3 Å². The summed E-state index contributed by atoms with van der Waals surface area (Å²) < 4.78 is 1.01. The van der Waals surface area contributed by atoms with Crippen LogP contribution in [0.4, 0.5) is 0 Å². The molecule has 0 unspecified atom stereocenters. The maximum absolute atomic E-state index is 6.36. The Bertz CT molecular complexity index is 650. The second kappa shape index (κ2) is 5.34. The molecule has 20 heavy (non-hydrogen) atoms. The third kappa shape index (κ3) is 2.31. The van der Waals surface area contributed by atoms with Crippen molar-refractivity contribution in [2.24, 2.45) is 10.1 Å². The predicted molar refractivity (Wildman–Crippen MR) is 88.0 cm³/mol. The Morgan fingerprint density at radius 1 is 1.35 bits per heavy atom. The maximum atomic E-state index is 6.36. The van der Waals surface area contributed by atoms with Crippen LogP contribution < -0.4 is 0 Å². The largest absolute Gasteiger partial charge is 0.228 e. The zero-order valence-electron chi connectivity index (χ0n) is 11.5. The van der Waals surface area contributed by atoms with Crippen LogP contribution in [0, 0.1) is 0 Å². The lowest BCUT2D eigenvalue weighted by Crippen LogP contribution is -2.23. The molecule has 5 heteroatoms. The summed E-state index contributed by atoms with van der Waals surface area (Å²) in [6, 6.07) is 0. The summed E-state index contributed by atoms with van der Waals surface area (Å²) in [6.45, 7) is 4.31. The molecule has 3 nitrogen and oxygen atoms in total. The average molecular weight is 353 g/mol. The molecule has 0 bridgehead atoms. The average Bonchev–Trinajstić information content (AvgIpc) is 2.40. The molecule has 0 radical (unpaired) electrons. The molecule has 0 amide bonds. The van der Waals surface area contributed by atoms with Crippen molar-refractivity contribution in [2.45, 2.75) is 33.1 Å². The molecule has 1 aliphatic carbocycles. The first-order valence-electron chi connectivity index (χ1n) is 6.62. The third-order valence-corrected chi connectivity index (χ3v) is 4.59. The Morgan fingerprint density at radius 2 is 2.15 bits per heavy atom. The predicted octanol–water partition coefficient (Wildman–Crippen LogP) is 4.83. The van der Waals surface area contributed by atoms with Gasteiger partial charge in [0.05, 0.1) is 5.71 Å². The van der Waals surface area contributed by atoms with Gasteiger partial charge in [-0.25, -0.2) is 10.0 Å². The number of fused-ring (bicyclic) bond motifs is 1. The smallest absolute Gasteiger partial charge is 0.166 e. The Hall–Kier alpha value is -1.13. The Morgan fingerprint density at radius 3 is 2.90 bits per heavy atom. The summed E-state index contributed by atoms with van der Waals surface area (Å²) in [5, 5.41) is 6.53. The fourth-order valence-electron chi connectivity index (χ4n) is 2.67. The standard InChI is InChI=1S/C15H15BrClN3/c1-9-4-3-5-10(2)14(9)12-8-13(17)20-15(19-12)11(16)6-7-18-20/h4,7-8H,3,5-6H2,1-2H3. The molecule has 0 aromatic heterocycles. The van der Waals surface area contributed by atoms with Crippen LogP contribution in [0.2, 0.25) is 0 Å². The zero-order chi connectivity index (χ0) is 14.3. The van der Waals surface area contributed by atoms with Crippen LogP contribution in [0.25, 0.3) is 0 Å². The third-order valence-electron chi connectivity index (χ3n) is 3.64. The van der Waals surface area contributed by atoms with E-state index in [-0.39, 0.29) is 0 Å². The Balaban J connectivity index is 2.10. The molecule has 0 aromatic rings. The van der Waals surface area contributed by atoms with E-state index in [1.54, 1.807) is 5.01 Å². The van der Waals surface area contributed by atoms with Gasteiger partial charge in [0, 0.05) is 28.8 Å². The molecule has 0 N–H and O–H groups in total. The van der Waals surface area contributed by atoms with Crippen molar-refractivity contribution in [3.8, 4) is 0 Å². The molecule has 0 fully saturated rings. The minimum atomic E-state index is 0.580. The van der Waals surface area contributed by atoms with Crippen LogP contribution >= 0.6 is 27.5 Å². The highest BCUT2D eigenvalue weighted by Gasteiger charge is 2.26. The number of allylic oxidation sites excluding steroid dienone is 6. The van der Waals surface area contributed by atoms with Gasteiger partial charge < -0.3 is 0 Å². The van der Waals surface area contributed by atoms with Gasteiger partial charge in [-0.2, -0.15) is 5.10 Å². The van der Waals surface area contributed by atoms with E-state index < -0.39 is 0 Å². The van der Waals surface area contributed by atoms with Crippen LogP contribution in [-0.4, -0.2) is 16.9 Å². The van der Waals surface area contributed by atoms with Crippen molar-refractivity contribution in [1.29, 1.82) is 0 Å². The van der Waals surface area contributed by atoms with E-state index >= 15 is 0 Å². The highest BCUT2D eigenvalue weighted by atomic mass is 79.9. The molecule has 0 saturated carbocycles. The fraction of sp³-hybridized carbons (Fsp3) is 0.333. The topological polar surface area (TPSA) is 28.0 Å². The van der Waals surface area contributed by atoms with Crippen molar-refractivity contribution >= 4 is 39.5 Å². The SMILES string of the molecule is CC1=CCCC(C)=C1C1=NC2=C(Br)CC=NN2C(Cl)=C1. The summed E-state index contributed by atoms with van der Waals surface area (Å²) >= 11 is 9.92. The van der Waals surface area contributed by atoms with E-state index in [2.05, 4.69) is 41.0 Å². The molecule has 2 heterocycles. The first-order valence-corrected chi connectivity index (χ1v) is 7.79. The van der Waals surface area contributed by atoms with E-state index in [1.165, 1.54) is 16.7 Å². The second-order valence-corrected chi connectivity index (χ2v) is 6.43. The number of halogens is 2. The van der Waals surface area contributed by atoms with E-state index in [0.29, 0.717) is 5.16 Å². The number of hydrogen-bond donors (Lipinski definition) is 0. The van der Waals surface area contributed by atoms with Gasteiger partial charge in [-0.05, 0) is 32.3 Å². The van der Waals surface area contributed by atoms with Gasteiger partial charge >= 0.3 is 0 Å². The summed E-state index contributed by atoms with van der Waals surface area (Å²) in [5.41, 5.74) is 4.80. The van der Waals surface area contributed by atoms with Crippen molar-refractivity contribution < 1.29 is 0 Å². The number of hydrogen-bond acceptors (Lipinski definition) is 3. The number of nitrogens with zero attached hydrogens (tertiary/aromatic N) is 3. The van der Waals surface area contributed by atoms with Crippen LogP contribution in [0.15, 0.2) is 54.4 Å². The molecule has 0 spiro atoms. The lowest BCUT2D eigenvalue weighted by Gasteiger charge is -2.28. The van der Waals surface area contributed by atoms with Crippen molar-refractivity contribution in [1.82, 2.24) is 5.01 Å². The van der Waals surface area contributed by atoms with E-state index in [9.17, 15) is 0 Å². The molecule has 0 aromatic carbocycles. The summed E-state index contributed by atoms with van der Waals surface area (Å²) in [6.07, 6.45) is 8.92. The van der Waals surface area contributed by atoms with Gasteiger partial charge in [0.15, 0.2) is 5.82 Å². The van der Waals surface area contributed by atoms with Crippen LogP contribution in [-0.2, 0) is 0 Å². The molecule has 3 rings (SSSR count). The van der Waals surface area contributed by atoms with Crippen LogP contribution in [0.3, 0.4) is 0 Å². The normalized spacial score (nSPS) is 22.6. The minimum Gasteiger partial charge on any atom is -0.228 e. The molecule has 2 aliphatic heterocycles. The Kier molecular flexibility index (Phi) is 3.69. The first kappa shape index (κ1) is 13.8. The molecular formula is C15H15BrClN3. The lowest BCUT2D eigenvalue weighted by atomic mass is 9.89. The monoisotopic (exact) mass is 351 g/mol. The second-order valence-electron chi connectivity index (χ2n) is 5.09. The summed E-state index contributed by atoms with van der Waals surface area (Å²) in [5.74, 6) is 0.786. The highest BCUT2D eigenvalue weighted by Crippen LogP contribution is 2.35. The van der Waals surface area contributed by atoms with Gasteiger partial charge in [-0.1, -0.05) is 39.2 Å². The quantitative estimate of drug-likeness (QED) is 0.621. The summed E-state index contributed by atoms with van der Waals surface area (Å²) in [7, 11) is 0. The number of hydrazone groups is 1. The molecule has 0 saturated heterocycles. The van der Waals surface area contributed by atoms with Crippen LogP contribution in [0.1, 0.15) is 33.1 Å². The fourth-order valence-corrected chi connectivity index (χ4v) is 3.29. The highest BCUT2D eigenvalue weighted by molar-refractivity contribution is 9.11. The number of rotatable bonds is 1. The van der Waals surface area contributed by atoms with Crippen molar-refractivity contribution in [3.63, 3.8) is 0 Å². The minimum absolute atomic E-state index is 0.580. The van der Waals surface area contributed by atoms with Gasteiger partial charge in [0.1, 0.15) is 5.16 Å². The summed E-state index contributed by atoms with van der Waals surface area (Å²) in [4.78, 5) is 4.76. The number of aliphatic imine (C=N–C) groups is 1. The van der Waals surface area contributed by atoms with Gasteiger partial charge in [0.25, 0.3) is 0 Å². The van der Waals surface area contributed by atoms with E-state index in [4.69, 9.17) is 16.6 Å². The van der Waals surface area contributed by atoms with Crippen molar-refractivity contribution in [2.75, 3.05) is 0 Å². The molecular weight excluding hydrogens is 338 g/mol. The molecule has 104 valence electrons. The van der Waals surface area contributed by atoms with Gasteiger partial charge in [-0.3, -0.25) is 0 Å². The van der Waals surface area contributed by atoms with E-state index in [0.717, 1.165) is 35.3 Å².